The van der Waals surface area contributed by atoms with Gasteiger partial charge in [0.25, 0.3) is 11.4 Å². The van der Waals surface area contributed by atoms with E-state index >= 15 is 0 Å². The molecule has 0 radical (unpaired) electrons. The van der Waals surface area contributed by atoms with E-state index in [1.807, 2.05) is 72.0 Å². The maximum Gasteiger partial charge on any atom is 0.256 e. The van der Waals surface area contributed by atoms with Crippen LogP contribution in [-0.2, 0) is 14.1 Å². The van der Waals surface area contributed by atoms with Crippen LogP contribution in [0.4, 0.5) is 0 Å². The first-order valence-electron chi connectivity index (χ1n) is 8.83. The number of pyridine rings is 2. The first kappa shape index (κ1) is 18.4. The molecule has 0 amide bonds. The zero-order valence-electron chi connectivity index (χ0n) is 15.6. The van der Waals surface area contributed by atoms with Gasteiger partial charge in [-0.15, -0.1) is 0 Å². The molecule has 1 aliphatic heterocycles. The third kappa shape index (κ3) is 4.15. The van der Waals surface area contributed by atoms with E-state index in [0.717, 1.165) is 21.2 Å². The highest BCUT2D eigenvalue weighted by Crippen LogP contribution is 2.51. The molecule has 0 saturated carbocycles. The fourth-order valence-electron chi connectivity index (χ4n) is 2.63. The molecule has 0 fully saturated rings. The minimum absolute atomic E-state index is 0.860. The predicted octanol–water partition coefficient (Wildman–Crippen LogP) is 3.85. The number of nitrogens with zero attached hydrogens (tertiary/aromatic N) is 2. The lowest BCUT2D eigenvalue weighted by Crippen LogP contribution is -2.31. The maximum atomic E-state index is 3.33. The smallest absolute Gasteiger partial charge is 0.194 e. The average molecular weight is 399 g/mol. The second kappa shape index (κ2) is 8.40. The van der Waals surface area contributed by atoms with Crippen LogP contribution >= 0.6 is 23.5 Å². The number of thioether (sulfide) groups is 2. The van der Waals surface area contributed by atoms with Crippen molar-refractivity contribution in [2.24, 2.45) is 14.1 Å². The molecule has 0 atom stereocenters. The lowest BCUT2D eigenvalue weighted by Gasteiger charge is -1.96. The zero-order valence-corrected chi connectivity index (χ0v) is 17.3. The van der Waals surface area contributed by atoms with E-state index in [2.05, 4.69) is 47.9 Å². The number of hydrogen-bond donors (Lipinski definition) is 0. The highest BCUT2D eigenvalue weighted by molar-refractivity contribution is 8.24. The van der Waals surface area contributed by atoms with Crippen molar-refractivity contribution in [3.8, 4) is 23.7 Å². The van der Waals surface area contributed by atoms with Crippen molar-refractivity contribution in [2.45, 2.75) is 9.79 Å². The van der Waals surface area contributed by atoms with Crippen molar-refractivity contribution in [3.63, 3.8) is 0 Å². The van der Waals surface area contributed by atoms with Crippen LogP contribution < -0.4 is 9.13 Å². The van der Waals surface area contributed by atoms with E-state index in [9.17, 15) is 0 Å². The Morgan fingerprint density at radius 3 is 1.61 bits per heavy atom. The summed E-state index contributed by atoms with van der Waals surface area (Å²) < 4.78 is 5.17. The van der Waals surface area contributed by atoms with Crippen molar-refractivity contribution in [3.05, 3.63) is 94.3 Å². The van der Waals surface area contributed by atoms with Crippen LogP contribution in [0.15, 0.2) is 92.7 Å². The van der Waals surface area contributed by atoms with Crippen molar-refractivity contribution >= 4 is 23.5 Å². The van der Waals surface area contributed by atoms with Crippen LogP contribution in [0, 0.1) is 23.7 Å². The third-order valence-electron chi connectivity index (χ3n) is 4.20. The number of fused-ring (bicyclic) bond motifs is 1. The molecule has 0 saturated heterocycles. The van der Waals surface area contributed by atoms with Crippen molar-refractivity contribution in [1.82, 2.24) is 0 Å². The van der Waals surface area contributed by atoms with Gasteiger partial charge in [0.05, 0.1) is 9.81 Å². The highest BCUT2D eigenvalue weighted by atomic mass is 32.2. The summed E-state index contributed by atoms with van der Waals surface area (Å²) in [6, 6.07) is 20.5. The minimum Gasteiger partial charge on any atom is -0.194 e. The van der Waals surface area contributed by atoms with E-state index in [-0.39, 0.29) is 0 Å². The van der Waals surface area contributed by atoms with Crippen LogP contribution in [0.3, 0.4) is 0 Å². The summed E-state index contributed by atoms with van der Waals surface area (Å²) in [7, 11) is 4.00. The van der Waals surface area contributed by atoms with Gasteiger partial charge in [-0.25, -0.2) is 0 Å². The Bertz CT molecular complexity index is 1110. The van der Waals surface area contributed by atoms with Crippen LogP contribution in [0.5, 0.6) is 0 Å². The van der Waals surface area contributed by atoms with Crippen molar-refractivity contribution < 1.29 is 9.13 Å². The fourth-order valence-corrected chi connectivity index (χ4v) is 5.03. The quantitative estimate of drug-likeness (QED) is 0.420. The van der Waals surface area contributed by atoms with Gasteiger partial charge in [-0.1, -0.05) is 35.7 Å². The van der Waals surface area contributed by atoms with Gasteiger partial charge in [-0.2, -0.15) is 9.13 Å². The Kier molecular flexibility index (Phi) is 5.53. The van der Waals surface area contributed by atoms with Crippen LogP contribution in [-0.4, -0.2) is 0 Å². The van der Waals surface area contributed by atoms with Gasteiger partial charge in [0.2, 0.25) is 0 Å². The van der Waals surface area contributed by atoms with Gasteiger partial charge in [-0.05, 0) is 36.1 Å². The molecule has 28 heavy (non-hydrogen) atoms. The van der Waals surface area contributed by atoms with Gasteiger partial charge in [0.1, 0.15) is 14.1 Å². The largest absolute Gasteiger partial charge is 0.256 e. The van der Waals surface area contributed by atoms with E-state index in [1.54, 1.807) is 23.5 Å². The fraction of sp³-hybridized carbons (Fsp3) is 0.0833. The molecule has 3 aromatic rings. The zero-order chi connectivity index (χ0) is 19.3. The Balaban J connectivity index is 1.77. The van der Waals surface area contributed by atoms with Crippen molar-refractivity contribution in [2.75, 3.05) is 0 Å². The van der Waals surface area contributed by atoms with Crippen LogP contribution in [0.2, 0.25) is 0 Å². The standard InChI is InChI=1S/C24H18N2S2/c1-25-17-7-5-9-20(25)15-13-19(14-16-21-10-6-8-18-26(21)2)24-27-22-11-3-4-12-23(22)28-24/h3-12,17-18H,1-2H3/q+2. The summed E-state index contributed by atoms with van der Waals surface area (Å²) in [4.78, 5) is 2.53. The van der Waals surface area contributed by atoms with Crippen LogP contribution in [0.1, 0.15) is 11.4 Å². The first-order chi connectivity index (χ1) is 13.7. The average Bonchev–Trinajstić information content (AvgIpc) is 3.14. The number of hydrogen-bond acceptors (Lipinski definition) is 2. The molecule has 1 aliphatic rings. The summed E-state index contributed by atoms with van der Waals surface area (Å²) in [6.45, 7) is 0. The molecule has 3 heterocycles. The Morgan fingerprint density at radius 2 is 1.14 bits per heavy atom. The van der Waals surface area contributed by atoms with Gasteiger partial charge in [-0.3, -0.25) is 0 Å². The molecule has 134 valence electrons. The predicted molar refractivity (Wildman–Crippen MR) is 114 cm³/mol. The lowest BCUT2D eigenvalue weighted by molar-refractivity contribution is -0.674. The number of rotatable bonds is 0. The van der Waals surface area contributed by atoms with Gasteiger partial charge in [0, 0.05) is 45.9 Å². The Hall–Kier alpha value is -2.92. The van der Waals surface area contributed by atoms with E-state index < -0.39 is 0 Å². The highest BCUT2D eigenvalue weighted by Gasteiger charge is 2.19. The van der Waals surface area contributed by atoms with Gasteiger partial charge < -0.3 is 0 Å². The molecule has 0 aliphatic carbocycles. The second-order valence-electron chi connectivity index (χ2n) is 6.21. The van der Waals surface area contributed by atoms with E-state index in [0.29, 0.717) is 0 Å². The molecule has 1 aromatic carbocycles. The molecule has 0 unspecified atom stereocenters. The number of aromatic nitrogens is 2. The topological polar surface area (TPSA) is 7.76 Å². The monoisotopic (exact) mass is 398 g/mol. The molecule has 4 rings (SSSR count). The summed E-state index contributed by atoms with van der Waals surface area (Å²) in [5.74, 6) is 13.2. The molecular formula is C24H18N2S2+2. The first-order valence-corrected chi connectivity index (χ1v) is 10.5. The second-order valence-corrected chi connectivity index (χ2v) is 8.57. The maximum absolute atomic E-state index is 3.33. The molecule has 4 heteroatoms. The van der Waals surface area contributed by atoms with Gasteiger partial charge in [0.15, 0.2) is 12.4 Å². The van der Waals surface area contributed by atoms with Crippen molar-refractivity contribution in [1.29, 1.82) is 0 Å². The van der Waals surface area contributed by atoms with E-state index in [4.69, 9.17) is 0 Å². The number of allylic oxidation sites excluding steroid dienone is 1. The molecule has 0 N–H and O–H groups in total. The molecule has 2 aromatic heterocycles. The summed E-state index contributed by atoms with van der Waals surface area (Å²) in [6.07, 6.45) is 4.00. The SMILES string of the molecule is C[n+]1ccccc1C#CC(C#Cc1cccc[n+]1C)=C1Sc2ccccc2S1. The Labute approximate surface area is 174 Å². The molecular weight excluding hydrogens is 380 g/mol. The summed E-state index contributed by atoms with van der Waals surface area (Å²) >= 11 is 3.49. The minimum atomic E-state index is 0.860. The lowest BCUT2D eigenvalue weighted by atomic mass is 10.2. The summed E-state index contributed by atoms with van der Waals surface area (Å²) in [5.41, 5.74) is 2.77. The molecule has 2 nitrogen and oxygen atoms in total. The van der Waals surface area contributed by atoms with E-state index in [1.165, 1.54) is 9.79 Å². The van der Waals surface area contributed by atoms with Crippen LogP contribution in [0.25, 0.3) is 0 Å². The summed E-state index contributed by atoms with van der Waals surface area (Å²) in [5, 5.41) is 0. The Morgan fingerprint density at radius 1 is 0.679 bits per heavy atom. The number of aryl methyl sites for hydroxylation is 2. The third-order valence-corrected chi connectivity index (χ3v) is 6.76. The molecule has 0 spiro atoms. The normalized spacial score (nSPS) is 11.7. The number of benzene rings is 1. The molecule has 0 bridgehead atoms. The van der Waals surface area contributed by atoms with Gasteiger partial charge >= 0.3 is 0 Å².